The van der Waals surface area contributed by atoms with Gasteiger partial charge in [-0.2, -0.15) is 4.98 Å². The number of fused-ring (bicyclic) bond motifs is 2. The third-order valence-corrected chi connectivity index (χ3v) is 8.65. The molecule has 1 atom stereocenters. The van der Waals surface area contributed by atoms with Crippen molar-refractivity contribution in [2.45, 2.75) is 42.1 Å². The molecule has 0 bridgehead atoms. The van der Waals surface area contributed by atoms with Gasteiger partial charge in [0.05, 0.1) is 11.2 Å². The Hall–Kier alpha value is -3.21. The van der Waals surface area contributed by atoms with Gasteiger partial charge in [-0.1, -0.05) is 47.6 Å². The van der Waals surface area contributed by atoms with Gasteiger partial charge in [-0.3, -0.25) is 4.79 Å². The summed E-state index contributed by atoms with van der Waals surface area (Å²) < 4.78 is 0. The molecule has 0 saturated carbocycles. The molecule has 184 valence electrons. The Morgan fingerprint density at radius 1 is 1.22 bits per heavy atom. The third kappa shape index (κ3) is 4.08. The van der Waals surface area contributed by atoms with Gasteiger partial charge in [0, 0.05) is 37.1 Å². The van der Waals surface area contributed by atoms with Crippen LogP contribution in [0.3, 0.4) is 0 Å². The number of carbonyl (C=O) groups is 1. The second-order valence-electron chi connectivity index (χ2n) is 9.40. The number of H-pyrrole nitrogens is 1. The quantitative estimate of drug-likeness (QED) is 0.362. The van der Waals surface area contributed by atoms with Gasteiger partial charge in [-0.05, 0) is 41.9 Å². The highest BCUT2D eigenvalue weighted by Crippen LogP contribution is 2.50. The number of nitrogens with zero attached hydrogens (tertiary/aromatic N) is 5. The SMILES string of the molecule is CC(=O)Nc1nccc(Sc2cnc3nc(N4CCC5(CC4)Cc4ccccc4[C@H]5N)[nH]c3n2)c1Cl. The highest BCUT2D eigenvalue weighted by molar-refractivity contribution is 7.99. The summed E-state index contributed by atoms with van der Waals surface area (Å²) in [6.07, 6.45) is 6.34. The molecule has 2 aliphatic rings. The smallest absolute Gasteiger partial charge is 0.222 e. The fourth-order valence-corrected chi connectivity index (χ4v) is 6.36. The van der Waals surface area contributed by atoms with Crippen LogP contribution in [0.5, 0.6) is 0 Å². The number of pyridine rings is 1. The summed E-state index contributed by atoms with van der Waals surface area (Å²) >= 11 is 7.79. The predicted octanol–water partition coefficient (Wildman–Crippen LogP) is 4.35. The first kappa shape index (κ1) is 23.2. The van der Waals surface area contributed by atoms with E-state index in [0.717, 1.165) is 43.2 Å². The molecule has 1 aromatic carbocycles. The summed E-state index contributed by atoms with van der Waals surface area (Å²) in [5.41, 5.74) is 10.7. The van der Waals surface area contributed by atoms with Gasteiger partial charge in [0.1, 0.15) is 5.03 Å². The fourth-order valence-electron chi connectivity index (χ4n) is 5.31. The van der Waals surface area contributed by atoms with E-state index in [1.807, 2.05) is 0 Å². The number of hydrogen-bond acceptors (Lipinski definition) is 8. The van der Waals surface area contributed by atoms with E-state index >= 15 is 0 Å². The molecule has 4 aromatic rings. The zero-order valence-electron chi connectivity index (χ0n) is 19.7. The molecule has 11 heteroatoms. The number of halogens is 1. The number of nitrogens with one attached hydrogen (secondary N) is 2. The number of anilines is 2. The summed E-state index contributed by atoms with van der Waals surface area (Å²) in [6.45, 7) is 3.17. The topological polar surface area (TPSA) is 126 Å². The van der Waals surface area contributed by atoms with Crippen LogP contribution in [0.15, 0.2) is 52.6 Å². The zero-order chi connectivity index (χ0) is 24.9. The van der Waals surface area contributed by atoms with E-state index < -0.39 is 0 Å². The Morgan fingerprint density at radius 2 is 2.03 bits per heavy atom. The van der Waals surface area contributed by atoms with E-state index in [-0.39, 0.29) is 17.4 Å². The van der Waals surface area contributed by atoms with Crippen molar-refractivity contribution < 1.29 is 4.79 Å². The molecule has 6 rings (SSSR count). The standard InChI is InChI=1S/C25H25ClN8OS/c1-14(35)30-21-19(26)17(6-9-28-21)36-18-13-29-22-23(31-18)33-24(32-22)34-10-7-25(8-11-34)12-15-4-2-3-5-16(15)20(25)27/h2-6,9,13,20H,7-8,10-12,27H2,1H3,(H,28,30,35)(H,29,31,32,33)/t20-/m1/s1. The van der Waals surface area contributed by atoms with Gasteiger partial charge >= 0.3 is 0 Å². The maximum atomic E-state index is 11.4. The second-order valence-corrected chi connectivity index (χ2v) is 10.8. The molecule has 1 spiro atoms. The number of piperidine rings is 1. The van der Waals surface area contributed by atoms with Crippen molar-refractivity contribution in [3.8, 4) is 0 Å². The molecule has 4 heterocycles. The van der Waals surface area contributed by atoms with Crippen LogP contribution in [-0.4, -0.2) is 43.9 Å². The van der Waals surface area contributed by atoms with Crippen LogP contribution in [0.25, 0.3) is 11.3 Å². The molecule has 1 aliphatic carbocycles. The Balaban J connectivity index is 1.18. The molecule has 3 aromatic heterocycles. The van der Waals surface area contributed by atoms with Crippen molar-refractivity contribution in [1.82, 2.24) is 24.9 Å². The predicted molar refractivity (Wildman–Crippen MR) is 140 cm³/mol. The zero-order valence-corrected chi connectivity index (χ0v) is 21.2. The average molecular weight is 521 g/mol. The number of amides is 1. The molecule has 4 N–H and O–H groups in total. The number of hydrogen-bond donors (Lipinski definition) is 3. The Morgan fingerprint density at radius 3 is 2.81 bits per heavy atom. The highest BCUT2D eigenvalue weighted by Gasteiger charge is 2.46. The minimum absolute atomic E-state index is 0.0839. The van der Waals surface area contributed by atoms with Crippen molar-refractivity contribution in [3.63, 3.8) is 0 Å². The van der Waals surface area contributed by atoms with Gasteiger partial charge in [0.15, 0.2) is 17.1 Å². The molecule has 0 unspecified atom stereocenters. The van der Waals surface area contributed by atoms with E-state index in [1.54, 1.807) is 18.5 Å². The first-order chi connectivity index (χ1) is 17.4. The van der Waals surface area contributed by atoms with Gasteiger partial charge in [-0.25, -0.2) is 15.0 Å². The van der Waals surface area contributed by atoms with Gasteiger partial charge in [0.25, 0.3) is 0 Å². The first-order valence-electron chi connectivity index (χ1n) is 11.8. The van der Waals surface area contributed by atoms with Crippen molar-refractivity contribution in [1.29, 1.82) is 0 Å². The molecule has 0 radical (unpaired) electrons. The Labute approximate surface area is 217 Å². The number of imidazole rings is 1. The van der Waals surface area contributed by atoms with E-state index in [4.69, 9.17) is 27.3 Å². The molecule has 1 amide bonds. The molecule has 1 aliphatic heterocycles. The molecular weight excluding hydrogens is 496 g/mol. The maximum Gasteiger partial charge on any atom is 0.222 e. The van der Waals surface area contributed by atoms with Crippen molar-refractivity contribution >= 4 is 52.3 Å². The number of benzene rings is 1. The van der Waals surface area contributed by atoms with Gasteiger partial charge in [0.2, 0.25) is 11.9 Å². The fraction of sp³-hybridized carbons (Fsp3) is 0.320. The average Bonchev–Trinajstić information content (AvgIpc) is 3.41. The molecule has 1 fully saturated rings. The summed E-state index contributed by atoms with van der Waals surface area (Å²) in [7, 11) is 0. The van der Waals surface area contributed by atoms with Crippen LogP contribution in [0.1, 0.15) is 36.9 Å². The summed E-state index contributed by atoms with van der Waals surface area (Å²) in [6, 6.07) is 10.4. The summed E-state index contributed by atoms with van der Waals surface area (Å²) in [5.74, 6) is 0.863. The molecule has 36 heavy (non-hydrogen) atoms. The van der Waals surface area contributed by atoms with Crippen molar-refractivity contribution in [3.05, 3.63) is 58.9 Å². The number of aromatic nitrogens is 5. The monoisotopic (exact) mass is 520 g/mol. The molecular formula is C25H25ClN8OS. The molecule has 1 saturated heterocycles. The van der Waals surface area contributed by atoms with Crippen molar-refractivity contribution in [2.75, 3.05) is 23.3 Å². The minimum atomic E-state index is -0.235. The van der Waals surface area contributed by atoms with Crippen LogP contribution < -0.4 is 16.0 Å². The third-order valence-electron chi connectivity index (χ3n) is 7.19. The van der Waals surface area contributed by atoms with Gasteiger partial charge < -0.3 is 20.9 Å². The molecule has 9 nitrogen and oxygen atoms in total. The normalized spacial score (nSPS) is 18.5. The summed E-state index contributed by atoms with van der Waals surface area (Å²) in [4.78, 5) is 35.7. The Bertz CT molecular complexity index is 1470. The largest absolute Gasteiger partial charge is 0.342 e. The minimum Gasteiger partial charge on any atom is -0.342 e. The number of nitrogens with two attached hydrogens (primary N) is 1. The number of rotatable bonds is 4. The number of carbonyl (C=O) groups excluding carboxylic acids is 1. The second kappa shape index (κ2) is 9.02. The lowest BCUT2D eigenvalue weighted by atomic mass is 9.73. The van der Waals surface area contributed by atoms with E-state index in [2.05, 4.69) is 49.4 Å². The lowest BCUT2D eigenvalue weighted by Gasteiger charge is -2.42. The van der Waals surface area contributed by atoms with Crippen LogP contribution in [0.4, 0.5) is 11.8 Å². The van der Waals surface area contributed by atoms with Crippen LogP contribution >= 0.6 is 23.4 Å². The highest BCUT2D eigenvalue weighted by atomic mass is 35.5. The maximum absolute atomic E-state index is 11.4. The van der Waals surface area contributed by atoms with Crippen LogP contribution in [-0.2, 0) is 11.2 Å². The lowest BCUT2D eigenvalue weighted by molar-refractivity contribution is -0.114. The van der Waals surface area contributed by atoms with E-state index in [9.17, 15) is 4.79 Å². The van der Waals surface area contributed by atoms with E-state index in [1.165, 1.54) is 29.8 Å². The summed E-state index contributed by atoms with van der Waals surface area (Å²) in [5, 5.41) is 3.65. The number of aromatic amines is 1. The van der Waals surface area contributed by atoms with Gasteiger partial charge in [-0.15, -0.1) is 0 Å². The first-order valence-corrected chi connectivity index (χ1v) is 13.0. The lowest BCUT2D eigenvalue weighted by Crippen LogP contribution is -2.44. The van der Waals surface area contributed by atoms with Crippen molar-refractivity contribution in [2.24, 2.45) is 11.1 Å². The van der Waals surface area contributed by atoms with E-state index in [0.29, 0.717) is 27.2 Å². The van der Waals surface area contributed by atoms with Crippen LogP contribution in [0.2, 0.25) is 5.02 Å². The Kier molecular flexibility index (Phi) is 5.82. The van der Waals surface area contributed by atoms with Crippen LogP contribution in [0, 0.1) is 5.41 Å².